The molecule has 11 heteroatoms. The van der Waals surface area contributed by atoms with Crippen molar-refractivity contribution in [1.82, 2.24) is 4.98 Å². The molecule has 6 nitrogen and oxygen atoms in total. The summed E-state index contributed by atoms with van der Waals surface area (Å²) in [5.41, 5.74) is 2.09. The molecule has 3 rings (SSSR count). The fourth-order valence-electron chi connectivity index (χ4n) is 3.12. The van der Waals surface area contributed by atoms with Crippen LogP contribution in [0.15, 0.2) is 41.5 Å². The lowest BCUT2D eigenvalue weighted by molar-refractivity contribution is -0.249. The number of alkyl halides is 3. The predicted molar refractivity (Wildman–Crippen MR) is 110 cm³/mol. The third-order valence-electron chi connectivity index (χ3n) is 5.19. The highest BCUT2D eigenvalue weighted by Gasteiger charge is 2.59. The van der Waals surface area contributed by atoms with Crippen molar-refractivity contribution >= 4 is 24.0 Å². The second-order valence-corrected chi connectivity index (χ2v) is 7.55. The Bertz CT molecular complexity index is 1100. The number of carbonyl (C=O) groups excluding carboxylic acids is 1. The number of benzene rings is 1. The monoisotopic (exact) mass is 470 g/mol. The third kappa shape index (κ3) is 4.59. The van der Waals surface area contributed by atoms with Gasteiger partial charge in [-0.1, -0.05) is 6.07 Å². The van der Waals surface area contributed by atoms with Crippen molar-refractivity contribution in [3.05, 3.63) is 64.7 Å². The molecule has 0 amide bonds. The van der Waals surface area contributed by atoms with Crippen LogP contribution in [0.1, 0.15) is 41.0 Å². The van der Waals surface area contributed by atoms with Gasteiger partial charge in [0.05, 0.1) is 12.2 Å². The number of ether oxygens (including phenoxy) is 1. The predicted octanol–water partition coefficient (Wildman–Crippen LogP) is 3.86. The number of rotatable bonds is 4. The molecule has 170 valence electrons. The molecule has 32 heavy (non-hydrogen) atoms. The van der Waals surface area contributed by atoms with Crippen molar-refractivity contribution in [3.8, 4) is 6.07 Å². The van der Waals surface area contributed by atoms with Crippen molar-refractivity contribution in [3.63, 3.8) is 0 Å². The van der Waals surface area contributed by atoms with Crippen LogP contribution in [0, 0.1) is 17.1 Å². The largest absolute Gasteiger partial charge is 0.424 e. The lowest BCUT2D eigenvalue weighted by Crippen LogP contribution is -2.60. The summed E-state index contributed by atoms with van der Waals surface area (Å²) in [7, 11) is 0. The number of ketones is 1. The van der Waals surface area contributed by atoms with Gasteiger partial charge in [-0.25, -0.2) is 4.39 Å². The van der Waals surface area contributed by atoms with Gasteiger partial charge in [0.2, 0.25) is 5.60 Å². The molecule has 2 N–H and O–H groups in total. The first kappa shape index (κ1) is 25.2. The number of nitrogens with zero attached hydrogens (tertiary/aromatic N) is 3. The maximum absolute atomic E-state index is 14.6. The molecule has 0 saturated carbocycles. The summed E-state index contributed by atoms with van der Waals surface area (Å²) in [4.78, 5) is 20.3. The summed E-state index contributed by atoms with van der Waals surface area (Å²) in [5, 5.41) is 8.80. The van der Waals surface area contributed by atoms with Gasteiger partial charge in [-0.2, -0.15) is 18.4 Å². The van der Waals surface area contributed by atoms with E-state index >= 15 is 0 Å². The van der Waals surface area contributed by atoms with Crippen molar-refractivity contribution in [2.45, 2.75) is 37.6 Å². The molecule has 1 aromatic carbocycles. The Morgan fingerprint density at radius 2 is 1.97 bits per heavy atom. The highest BCUT2D eigenvalue weighted by Crippen LogP contribution is 2.41. The van der Waals surface area contributed by atoms with Crippen molar-refractivity contribution in [1.29, 1.82) is 5.26 Å². The molecule has 0 unspecified atom stereocenters. The van der Waals surface area contributed by atoms with Crippen LogP contribution >= 0.6 is 12.4 Å². The normalized spacial score (nSPS) is 23.0. The number of halogens is 5. The Morgan fingerprint density at radius 3 is 2.50 bits per heavy atom. The molecule has 0 aliphatic carbocycles. The van der Waals surface area contributed by atoms with Gasteiger partial charge in [-0.15, -0.1) is 12.4 Å². The van der Waals surface area contributed by atoms with E-state index in [-0.39, 0.29) is 35.9 Å². The molecular weight excluding hydrogens is 452 g/mol. The quantitative estimate of drug-likeness (QED) is 0.540. The summed E-state index contributed by atoms with van der Waals surface area (Å²) in [6.07, 6.45) is -3.66. The number of pyridine rings is 1. The Hall–Kier alpha value is -3.03. The minimum Gasteiger partial charge on any atom is -0.385 e. The topological polar surface area (TPSA) is 101 Å². The van der Waals surface area contributed by atoms with Crippen LogP contribution in [-0.4, -0.2) is 35.0 Å². The summed E-state index contributed by atoms with van der Waals surface area (Å²) >= 11 is 0. The molecule has 2 aromatic rings. The molecule has 1 aliphatic heterocycles. The van der Waals surface area contributed by atoms with Gasteiger partial charge in [0.15, 0.2) is 5.78 Å². The van der Waals surface area contributed by atoms with Crippen LogP contribution < -0.4 is 5.73 Å². The maximum atomic E-state index is 14.6. The number of carbonyl (C=O) groups is 1. The average molecular weight is 471 g/mol. The molecule has 0 bridgehead atoms. The molecule has 2 heterocycles. The van der Waals surface area contributed by atoms with E-state index in [1.165, 1.54) is 37.4 Å². The number of hydrogen-bond acceptors (Lipinski definition) is 6. The van der Waals surface area contributed by atoms with E-state index in [2.05, 4.69) is 9.98 Å². The third-order valence-corrected chi connectivity index (χ3v) is 5.19. The zero-order chi connectivity index (χ0) is 23.0. The van der Waals surface area contributed by atoms with Gasteiger partial charge >= 0.3 is 6.18 Å². The van der Waals surface area contributed by atoms with Gasteiger partial charge in [0, 0.05) is 18.2 Å². The van der Waals surface area contributed by atoms with E-state index in [1.54, 1.807) is 0 Å². The van der Waals surface area contributed by atoms with Crippen LogP contribution in [0.2, 0.25) is 0 Å². The van der Waals surface area contributed by atoms with E-state index in [0.717, 1.165) is 13.0 Å². The number of hydrogen-bond donors (Lipinski definition) is 1. The van der Waals surface area contributed by atoms with Crippen LogP contribution in [0.5, 0.6) is 0 Å². The SMILES string of the molecule is C[C@@]1(c2cc(CC(=O)c3ccc(C#N)cn3)ccc2F)CO[C@@](C)(C(F)(F)F)C(N)=N1.Cl. The first-order chi connectivity index (χ1) is 14.4. The highest BCUT2D eigenvalue weighted by atomic mass is 35.5. The van der Waals surface area contributed by atoms with Crippen molar-refractivity contribution in [2.24, 2.45) is 10.7 Å². The van der Waals surface area contributed by atoms with Gasteiger partial charge in [0.25, 0.3) is 0 Å². The molecule has 0 saturated heterocycles. The number of nitrogens with two attached hydrogens (primary N) is 1. The summed E-state index contributed by atoms with van der Waals surface area (Å²) < 4.78 is 59.5. The van der Waals surface area contributed by atoms with Gasteiger partial charge in [0.1, 0.15) is 29.0 Å². The fourth-order valence-corrected chi connectivity index (χ4v) is 3.12. The summed E-state index contributed by atoms with van der Waals surface area (Å²) in [6, 6.07) is 8.61. The number of Topliss-reactive ketones (excluding diaryl/α,β-unsaturated/α-hetero) is 1. The maximum Gasteiger partial charge on any atom is 0.424 e. The number of aliphatic imine (C=N–C) groups is 1. The Labute approximate surface area is 187 Å². The molecule has 1 aliphatic rings. The standard InChI is InChI=1S/C21H18F4N4O2.ClH/c1-19(11-31-20(2,18(27)29-19)21(23,24)25)14-7-12(3-5-15(14)22)8-17(30)16-6-4-13(9-26)10-28-16;/h3-7,10H,8,11H2,1-2H3,(H2,27,29);1H/t19-,20+;/m0./s1. The van der Waals surface area contributed by atoms with Gasteiger partial charge < -0.3 is 10.5 Å². The second-order valence-electron chi connectivity index (χ2n) is 7.55. The molecule has 2 atom stereocenters. The lowest BCUT2D eigenvalue weighted by Gasteiger charge is -2.41. The lowest BCUT2D eigenvalue weighted by atomic mass is 9.88. The first-order valence-electron chi connectivity index (χ1n) is 9.14. The van der Waals surface area contributed by atoms with E-state index in [9.17, 15) is 22.4 Å². The fraction of sp³-hybridized carbons (Fsp3) is 0.333. The summed E-state index contributed by atoms with van der Waals surface area (Å²) in [6.45, 7) is 1.61. The minimum atomic E-state index is -4.79. The molecule has 0 fully saturated rings. The number of nitriles is 1. The van der Waals surface area contributed by atoms with Crippen LogP contribution in [0.3, 0.4) is 0 Å². The molecule has 0 radical (unpaired) electrons. The van der Waals surface area contributed by atoms with E-state index in [1.807, 2.05) is 6.07 Å². The van der Waals surface area contributed by atoms with Gasteiger partial charge in [-0.05, 0) is 43.7 Å². The van der Waals surface area contributed by atoms with Crippen LogP contribution in [0.4, 0.5) is 17.6 Å². The molecule has 0 spiro atoms. The van der Waals surface area contributed by atoms with Gasteiger partial charge in [-0.3, -0.25) is 14.8 Å². The second kappa shape index (κ2) is 8.84. The Morgan fingerprint density at radius 1 is 1.28 bits per heavy atom. The smallest absolute Gasteiger partial charge is 0.385 e. The number of amidine groups is 1. The molecule has 1 aromatic heterocycles. The van der Waals surface area contributed by atoms with Crippen molar-refractivity contribution < 1.29 is 27.1 Å². The Balaban J connectivity index is 0.00000363. The van der Waals surface area contributed by atoms with Crippen molar-refractivity contribution in [2.75, 3.05) is 6.61 Å². The highest BCUT2D eigenvalue weighted by molar-refractivity contribution is 5.95. The number of aromatic nitrogens is 1. The zero-order valence-electron chi connectivity index (χ0n) is 17.0. The van der Waals surface area contributed by atoms with Crippen LogP contribution in [0.25, 0.3) is 0 Å². The molecular formula is C21H19ClF4N4O2. The zero-order valence-corrected chi connectivity index (χ0v) is 17.9. The van der Waals surface area contributed by atoms with E-state index in [0.29, 0.717) is 11.1 Å². The average Bonchev–Trinajstić information content (AvgIpc) is 2.71. The summed E-state index contributed by atoms with van der Waals surface area (Å²) in [5.74, 6) is -1.90. The van der Waals surface area contributed by atoms with Crippen LogP contribution in [-0.2, 0) is 16.7 Å². The van der Waals surface area contributed by atoms with E-state index < -0.39 is 35.6 Å². The first-order valence-corrected chi connectivity index (χ1v) is 9.14. The minimum absolute atomic E-state index is 0. The van der Waals surface area contributed by atoms with E-state index in [4.69, 9.17) is 15.7 Å². The Kier molecular flexibility index (Phi) is 6.97.